The Labute approximate surface area is 154 Å². The van der Waals surface area contributed by atoms with Crippen LogP contribution >= 0.6 is 0 Å². The van der Waals surface area contributed by atoms with Gasteiger partial charge in [-0.05, 0) is 32.9 Å². The molecule has 0 aliphatic carbocycles. The highest BCUT2D eigenvalue weighted by atomic mass is 16.6. The second kappa shape index (κ2) is 9.28. The number of rotatable bonds is 5. The molecule has 0 aromatic heterocycles. The summed E-state index contributed by atoms with van der Waals surface area (Å²) in [7, 11) is 0. The van der Waals surface area contributed by atoms with Crippen molar-refractivity contribution in [2.75, 3.05) is 49.6 Å². The van der Waals surface area contributed by atoms with Crippen LogP contribution in [0.3, 0.4) is 0 Å². The van der Waals surface area contributed by atoms with Crippen molar-refractivity contribution in [3.8, 4) is 0 Å². The first kappa shape index (κ1) is 19.8. The van der Waals surface area contributed by atoms with Crippen LogP contribution in [-0.2, 0) is 9.47 Å². The van der Waals surface area contributed by atoms with Crippen molar-refractivity contribution in [1.82, 2.24) is 10.6 Å². The van der Waals surface area contributed by atoms with Gasteiger partial charge in [0.15, 0.2) is 0 Å². The van der Waals surface area contributed by atoms with Crippen LogP contribution < -0.4 is 20.9 Å². The molecule has 3 N–H and O–H groups in total. The number of carbonyl (C=O) groups excluding carboxylic acids is 2. The molecule has 0 unspecified atom stereocenters. The Morgan fingerprint density at radius 2 is 1.77 bits per heavy atom. The maximum Gasteiger partial charge on any atom is 0.407 e. The fourth-order valence-electron chi connectivity index (χ4n) is 2.48. The van der Waals surface area contributed by atoms with Crippen molar-refractivity contribution in [2.45, 2.75) is 26.4 Å². The average Bonchev–Trinajstić information content (AvgIpc) is 2.58. The number of morpholine rings is 1. The number of anilines is 2. The Kier molecular flexibility index (Phi) is 7.08. The molecule has 0 saturated carbocycles. The highest BCUT2D eigenvalue weighted by Crippen LogP contribution is 2.26. The second-order valence-corrected chi connectivity index (χ2v) is 6.93. The SMILES string of the molecule is CC(C)(C)OC(=O)NCCNC(=O)Nc1ccccc1N1CCOCC1. The van der Waals surface area contributed by atoms with E-state index < -0.39 is 11.7 Å². The van der Waals surface area contributed by atoms with E-state index in [9.17, 15) is 9.59 Å². The first-order valence-corrected chi connectivity index (χ1v) is 8.78. The molecule has 26 heavy (non-hydrogen) atoms. The quantitative estimate of drug-likeness (QED) is 0.697. The number of benzene rings is 1. The Balaban J connectivity index is 1.77. The van der Waals surface area contributed by atoms with E-state index in [1.807, 2.05) is 24.3 Å². The molecule has 1 saturated heterocycles. The Bertz CT molecular complexity index is 609. The summed E-state index contributed by atoms with van der Waals surface area (Å²) in [5, 5.41) is 8.17. The van der Waals surface area contributed by atoms with Gasteiger partial charge in [-0.25, -0.2) is 9.59 Å². The molecule has 0 spiro atoms. The lowest BCUT2D eigenvalue weighted by atomic mass is 10.2. The van der Waals surface area contributed by atoms with Crippen molar-refractivity contribution < 1.29 is 19.1 Å². The van der Waals surface area contributed by atoms with E-state index in [1.165, 1.54) is 0 Å². The van der Waals surface area contributed by atoms with E-state index in [0.717, 1.165) is 24.5 Å². The predicted octanol–water partition coefficient (Wildman–Crippen LogP) is 2.17. The highest BCUT2D eigenvalue weighted by molar-refractivity contribution is 5.93. The third kappa shape index (κ3) is 6.79. The molecule has 1 aromatic carbocycles. The summed E-state index contributed by atoms with van der Waals surface area (Å²) >= 11 is 0. The van der Waals surface area contributed by atoms with Crippen LogP contribution in [0.5, 0.6) is 0 Å². The number of carbonyl (C=O) groups is 2. The molecule has 1 heterocycles. The topological polar surface area (TPSA) is 91.9 Å². The molecule has 8 nitrogen and oxygen atoms in total. The normalized spacial score (nSPS) is 14.5. The maximum atomic E-state index is 12.1. The third-order valence-corrected chi connectivity index (χ3v) is 3.58. The molecular weight excluding hydrogens is 336 g/mol. The first-order chi connectivity index (χ1) is 12.3. The zero-order valence-corrected chi connectivity index (χ0v) is 15.6. The van der Waals surface area contributed by atoms with E-state index in [4.69, 9.17) is 9.47 Å². The standard InChI is InChI=1S/C18H28N4O4/c1-18(2,3)26-17(24)20-9-8-19-16(23)21-14-6-4-5-7-15(14)22-10-12-25-13-11-22/h4-7H,8-13H2,1-3H3,(H,20,24)(H2,19,21,23). The number of alkyl carbamates (subject to hydrolysis) is 1. The van der Waals surface area contributed by atoms with Gasteiger partial charge in [0, 0.05) is 26.2 Å². The van der Waals surface area contributed by atoms with Gasteiger partial charge in [-0.3, -0.25) is 0 Å². The van der Waals surface area contributed by atoms with Crippen LogP contribution in [-0.4, -0.2) is 57.1 Å². The van der Waals surface area contributed by atoms with Crippen LogP contribution in [0.2, 0.25) is 0 Å². The Morgan fingerprint density at radius 1 is 1.12 bits per heavy atom. The number of para-hydroxylation sites is 2. The van der Waals surface area contributed by atoms with Crippen molar-refractivity contribution >= 4 is 23.5 Å². The Hall–Kier alpha value is -2.48. The summed E-state index contributed by atoms with van der Waals surface area (Å²) in [5.74, 6) is 0. The molecule has 1 aliphatic rings. The number of nitrogens with zero attached hydrogens (tertiary/aromatic N) is 1. The van der Waals surface area contributed by atoms with Crippen LogP contribution in [0, 0.1) is 0 Å². The molecule has 1 aliphatic heterocycles. The van der Waals surface area contributed by atoms with Gasteiger partial charge in [0.1, 0.15) is 5.60 Å². The van der Waals surface area contributed by atoms with Crippen molar-refractivity contribution in [2.24, 2.45) is 0 Å². The molecular formula is C18H28N4O4. The Morgan fingerprint density at radius 3 is 2.46 bits per heavy atom. The van der Waals surface area contributed by atoms with Crippen LogP contribution in [0.25, 0.3) is 0 Å². The molecule has 0 bridgehead atoms. The minimum absolute atomic E-state index is 0.285. The van der Waals surface area contributed by atoms with Crippen LogP contribution in [0.15, 0.2) is 24.3 Å². The molecule has 2 rings (SSSR count). The lowest BCUT2D eigenvalue weighted by molar-refractivity contribution is 0.0528. The summed E-state index contributed by atoms with van der Waals surface area (Å²) in [6.07, 6.45) is -0.502. The molecule has 8 heteroatoms. The van der Waals surface area contributed by atoms with E-state index >= 15 is 0 Å². The maximum absolute atomic E-state index is 12.1. The summed E-state index contributed by atoms with van der Waals surface area (Å²) < 4.78 is 10.5. The van der Waals surface area contributed by atoms with Gasteiger partial charge in [0.25, 0.3) is 0 Å². The van der Waals surface area contributed by atoms with Gasteiger partial charge < -0.3 is 30.3 Å². The summed E-state index contributed by atoms with van der Waals surface area (Å²) in [5.41, 5.74) is 1.17. The first-order valence-electron chi connectivity index (χ1n) is 8.78. The van der Waals surface area contributed by atoms with Gasteiger partial charge in [0.2, 0.25) is 0 Å². The highest BCUT2D eigenvalue weighted by Gasteiger charge is 2.16. The average molecular weight is 364 g/mol. The minimum atomic E-state index is -0.544. The molecule has 3 amide bonds. The van der Waals surface area contributed by atoms with Gasteiger partial charge in [-0.1, -0.05) is 12.1 Å². The largest absolute Gasteiger partial charge is 0.444 e. The van der Waals surface area contributed by atoms with Gasteiger partial charge >= 0.3 is 12.1 Å². The zero-order valence-electron chi connectivity index (χ0n) is 15.6. The number of amides is 3. The molecule has 0 radical (unpaired) electrons. The van der Waals surface area contributed by atoms with Gasteiger partial charge in [-0.15, -0.1) is 0 Å². The summed E-state index contributed by atoms with van der Waals surface area (Å²) in [6.45, 7) is 8.91. The van der Waals surface area contributed by atoms with E-state index in [1.54, 1.807) is 20.8 Å². The third-order valence-electron chi connectivity index (χ3n) is 3.58. The van der Waals surface area contributed by atoms with E-state index in [-0.39, 0.29) is 12.6 Å². The second-order valence-electron chi connectivity index (χ2n) is 6.93. The van der Waals surface area contributed by atoms with E-state index in [2.05, 4.69) is 20.9 Å². The lowest BCUT2D eigenvalue weighted by Crippen LogP contribution is -2.39. The van der Waals surface area contributed by atoms with Crippen molar-refractivity contribution in [1.29, 1.82) is 0 Å². The molecule has 1 aromatic rings. The van der Waals surface area contributed by atoms with Gasteiger partial charge in [0.05, 0.1) is 24.6 Å². The molecule has 0 atom stereocenters. The minimum Gasteiger partial charge on any atom is -0.444 e. The number of hydrogen-bond donors (Lipinski definition) is 3. The fourth-order valence-corrected chi connectivity index (χ4v) is 2.48. The van der Waals surface area contributed by atoms with E-state index in [0.29, 0.717) is 19.8 Å². The van der Waals surface area contributed by atoms with Crippen molar-refractivity contribution in [3.05, 3.63) is 24.3 Å². The predicted molar refractivity (Wildman–Crippen MR) is 101 cm³/mol. The van der Waals surface area contributed by atoms with Crippen LogP contribution in [0.1, 0.15) is 20.8 Å². The smallest absolute Gasteiger partial charge is 0.407 e. The number of nitrogens with one attached hydrogen (secondary N) is 3. The van der Waals surface area contributed by atoms with Crippen LogP contribution in [0.4, 0.5) is 21.0 Å². The number of urea groups is 1. The molecule has 144 valence electrons. The monoisotopic (exact) mass is 364 g/mol. The van der Waals surface area contributed by atoms with Crippen molar-refractivity contribution in [3.63, 3.8) is 0 Å². The lowest BCUT2D eigenvalue weighted by Gasteiger charge is -2.30. The number of hydrogen-bond acceptors (Lipinski definition) is 5. The summed E-state index contributed by atoms with van der Waals surface area (Å²) in [4.78, 5) is 25.8. The molecule has 1 fully saturated rings. The zero-order chi connectivity index (χ0) is 19.0. The summed E-state index contributed by atoms with van der Waals surface area (Å²) in [6, 6.07) is 7.34. The fraction of sp³-hybridized carbons (Fsp3) is 0.556. The van der Waals surface area contributed by atoms with Gasteiger partial charge in [-0.2, -0.15) is 0 Å². The number of ether oxygens (including phenoxy) is 2.